The van der Waals surface area contributed by atoms with E-state index in [9.17, 15) is 0 Å². The summed E-state index contributed by atoms with van der Waals surface area (Å²) in [5.74, 6) is 0. The number of hydrogen-bond donors (Lipinski definition) is 1. The molecule has 0 aliphatic heterocycles. The smallest absolute Gasteiger partial charge is 0.0736 e. The van der Waals surface area contributed by atoms with Gasteiger partial charge in [0.1, 0.15) is 0 Å². The second-order valence-corrected chi connectivity index (χ2v) is 5.14. The maximum absolute atomic E-state index is 6.20. The summed E-state index contributed by atoms with van der Waals surface area (Å²) >= 11 is 0. The van der Waals surface area contributed by atoms with E-state index >= 15 is 0 Å². The van der Waals surface area contributed by atoms with Crippen molar-refractivity contribution in [2.45, 2.75) is 0 Å². The van der Waals surface area contributed by atoms with E-state index in [1.165, 1.54) is 10.8 Å². The third-order valence-electron chi connectivity index (χ3n) is 3.81. The number of anilines is 1. The first-order valence-electron chi connectivity index (χ1n) is 6.96. The Hall–Kier alpha value is -2.87. The zero-order valence-electron chi connectivity index (χ0n) is 11.5. The van der Waals surface area contributed by atoms with Crippen molar-refractivity contribution in [2.75, 3.05) is 5.73 Å². The van der Waals surface area contributed by atoms with Crippen LogP contribution < -0.4 is 5.73 Å². The highest BCUT2D eigenvalue weighted by molar-refractivity contribution is 5.99. The van der Waals surface area contributed by atoms with Crippen LogP contribution in [0.15, 0.2) is 72.8 Å². The van der Waals surface area contributed by atoms with Crippen molar-refractivity contribution in [1.82, 2.24) is 4.98 Å². The second-order valence-electron chi connectivity index (χ2n) is 5.14. The van der Waals surface area contributed by atoms with E-state index in [0.29, 0.717) is 0 Å². The molecule has 0 bridgehead atoms. The lowest BCUT2D eigenvalue weighted by Gasteiger charge is -2.09. The van der Waals surface area contributed by atoms with E-state index in [1.807, 2.05) is 36.4 Å². The predicted molar refractivity (Wildman–Crippen MR) is 89.1 cm³/mol. The van der Waals surface area contributed by atoms with Crippen LogP contribution in [-0.4, -0.2) is 4.98 Å². The van der Waals surface area contributed by atoms with Gasteiger partial charge in [0.2, 0.25) is 0 Å². The van der Waals surface area contributed by atoms with Gasteiger partial charge in [0.15, 0.2) is 0 Å². The fraction of sp³-hybridized carbons (Fsp3) is 0. The fourth-order valence-electron chi connectivity index (χ4n) is 2.79. The molecule has 0 fully saturated rings. The summed E-state index contributed by atoms with van der Waals surface area (Å²) in [5.41, 5.74) is 9.93. The Labute approximate surface area is 122 Å². The van der Waals surface area contributed by atoms with Gasteiger partial charge in [-0.2, -0.15) is 0 Å². The number of benzene rings is 3. The van der Waals surface area contributed by atoms with Gasteiger partial charge in [-0.3, -0.25) is 0 Å². The van der Waals surface area contributed by atoms with Crippen molar-refractivity contribution in [1.29, 1.82) is 0 Å². The number of nitrogen functional groups attached to an aromatic ring is 1. The summed E-state index contributed by atoms with van der Waals surface area (Å²) in [4.78, 5) is 4.78. The molecule has 2 heteroatoms. The van der Waals surface area contributed by atoms with E-state index in [-0.39, 0.29) is 0 Å². The minimum atomic E-state index is 0.767. The molecule has 1 aromatic heterocycles. The van der Waals surface area contributed by atoms with Gasteiger partial charge in [0.05, 0.1) is 11.2 Å². The third kappa shape index (κ3) is 1.93. The number of fused-ring (bicyclic) bond motifs is 2. The summed E-state index contributed by atoms with van der Waals surface area (Å²) in [6, 6.07) is 24.5. The van der Waals surface area contributed by atoms with Gasteiger partial charge in [-0.1, -0.05) is 60.7 Å². The van der Waals surface area contributed by atoms with Gasteiger partial charge < -0.3 is 5.73 Å². The normalized spacial score (nSPS) is 11.0. The Morgan fingerprint density at radius 1 is 0.714 bits per heavy atom. The first-order chi connectivity index (χ1) is 10.3. The molecule has 2 N–H and O–H groups in total. The van der Waals surface area contributed by atoms with E-state index in [2.05, 4.69) is 36.4 Å². The second kappa shape index (κ2) is 4.60. The highest BCUT2D eigenvalue weighted by atomic mass is 14.7. The number of rotatable bonds is 1. The molecule has 4 rings (SSSR count). The monoisotopic (exact) mass is 270 g/mol. The van der Waals surface area contributed by atoms with Crippen LogP contribution in [0.3, 0.4) is 0 Å². The van der Waals surface area contributed by atoms with Crippen LogP contribution in [0.1, 0.15) is 0 Å². The molecule has 2 nitrogen and oxygen atoms in total. The molecular weight excluding hydrogens is 256 g/mol. The van der Waals surface area contributed by atoms with Gasteiger partial charge in [-0.15, -0.1) is 0 Å². The summed E-state index contributed by atoms with van der Waals surface area (Å²) in [7, 11) is 0. The molecule has 0 saturated heterocycles. The predicted octanol–water partition coefficient (Wildman–Crippen LogP) is 4.64. The van der Waals surface area contributed by atoms with Crippen molar-refractivity contribution in [3.63, 3.8) is 0 Å². The standard InChI is InChI=1S/C19H14N2/c20-17-12-19(21-18-11-4-3-9-16(17)18)15-10-5-7-13-6-1-2-8-14(13)15/h1-12H,(H2,20,21). The number of para-hydroxylation sites is 1. The van der Waals surface area contributed by atoms with Gasteiger partial charge in [-0.05, 0) is 22.9 Å². The van der Waals surface area contributed by atoms with Gasteiger partial charge in [-0.25, -0.2) is 4.98 Å². The molecule has 3 aromatic carbocycles. The van der Waals surface area contributed by atoms with E-state index in [4.69, 9.17) is 10.7 Å². The van der Waals surface area contributed by atoms with E-state index in [1.54, 1.807) is 0 Å². The van der Waals surface area contributed by atoms with Crippen molar-refractivity contribution >= 4 is 27.4 Å². The lowest BCUT2D eigenvalue weighted by Crippen LogP contribution is -1.93. The lowest BCUT2D eigenvalue weighted by molar-refractivity contribution is 1.41. The SMILES string of the molecule is Nc1cc(-c2cccc3ccccc23)nc2ccccc12. The Morgan fingerprint density at radius 2 is 1.43 bits per heavy atom. The van der Waals surface area contributed by atoms with Crippen molar-refractivity contribution in [2.24, 2.45) is 0 Å². The zero-order chi connectivity index (χ0) is 14.2. The van der Waals surface area contributed by atoms with Crippen LogP contribution in [0.4, 0.5) is 5.69 Å². The Balaban J connectivity index is 2.05. The molecule has 0 saturated carbocycles. The third-order valence-corrected chi connectivity index (χ3v) is 3.81. The van der Waals surface area contributed by atoms with Crippen LogP contribution in [-0.2, 0) is 0 Å². The van der Waals surface area contributed by atoms with E-state index in [0.717, 1.165) is 27.8 Å². The molecule has 21 heavy (non-hydrogen) atoms. The van der Waals surface area contributed by atoms with Crippen LogP contribution in [0, 0.1) is 0 Å². The maximum atomic E-state index is 6.20. The van der Waals surface area contributed by atoms with Gasteiger partial charge in [0.25, 0.3) is 0 Å². The Kier molecular flexibility index (Phi) is 2.61. The number of aromatic nitrogens is 1. The largest absolute Gasteiger partial charge is 0.398 e. The Bertz CT molecular complexity index is 952. The average Bonchev–Trinajstić information content (AvgIpc) is 2.54. The highest BCUT2D eigenvalue weighted by Gasteiger charge is 2.08. The molecule has 0 aliphatic rings. The molecule has 100 valence electrons. The van der Waals surface area contributed by atoms with Gasteiger partial charge >= 0.3 is 0 Å². The minimum Gasteiger partial charge on any atom is -0.398 e. The molecule has 0 aliphatic carbocycles. The first-order valence-corrected chi connectivity index (χ1v) is 6.96. The summed E-state index contributed by atoms with van der Waals surface area (Å²) in [5, 5.41) is 3.41. The molecule has 0 amide bonds. The number of pyridine rings is 1. The van der Waals surface area contributed by atoms with Crippen LogP contribution >= 0.6 is 0 Å². The van der Waals surface area contributed by atoms with Crippen molar-refractivity contribution in [3.8, 4) is 11.3 Å². The quantitative estimate of drug-likeness (QED) is 0.547. The fourth-order valence-corrected chi connectivity index (χ4v) is 2.79. The number of hydrogen-bond acceptors (Lipinski definition) is 2. The van der Waals surface area contributed by atoms with Crippen LogP contribution in [0.5, 0.6) is 0 Å². The minimum absolute atomic E-state index is 0.767. The molecule has 4 aromatic rings. The molecule has 0 radical (unpaired) electrons. The van der Waals surface area contributed by atoms with Crippen LogP contribution in [0.25, 0.3) is 32.9 Å². The molecule has 1 heterocycles. The summed E-state index contributed by atoms with van der Waals surface area (Å²) in [6.07, 6.45) is 0. The van der Waals surface area contributed by atoms with Crippen molar-refractivity contribution in [3.05, 3.63) is 72.8 Å². The molecule has 0 atom stereocenters. The van der Waals surface area contributed by atoms with Crippen molar-refractivity contribution < 1.29 is 0 Å². The number of nitrogens with two attached hydrogens (primary N) is 1. The molecule has 0 spiro atoms. The van der Waals surface area contributed by atoms with Gasteiger partial charge in [0, 0.05) is 16.6 Å². The zero-order valence-corrected chi connectivity index (χ0v) is 11.5. The summed E-state index contributed by atoms with van der Waals surface area (Å²) < 4.78 is 0. The van der Waals surface area contributed by atoms with Crippen LogP contribution in [0.2, 0.25) is 0 Å². The first kappa shape index (κ1) is 11.9. The molecule has 0 unspecified atom stereocenters. The lowest BCUT2D eigenvalue weighted by atomic mass is 10.0. The molecular formula is C19H14N2. The maximum Gasteiger partial charge on any atom is 0.0736 e. The summed E-state index contributed by atoms with van der Waals surface area (Å²) in [6.45, 7) is 0. The topological polar surface area (TPSA) is 38.9 Å². The highest BCUT2D eigenvalue weighted by Crippen LogP contribution is 2.31. The average molecular weight is 270 g/mol. The Morgan fingerprint density at radius 3 is 2.33 bits per heavy atom. The van der Waals surface area contributed by atoms with E-state index < -0.39 is 0 Å². The number of nitrogens with zero attached hydrogens (tertiary/aromatic N) is 1.